The summed E-state index contributed by atoms with van der Waals surface area (Å²) in [5.74, 6) is -0.203. The first kappa shape index (κ1) is 15.3. The van der Waals surface area contributed by atoms with Crippen molar-refractivity contribution in [1.82, 2.24) is 14.9 Å². The second kappa shape index (κ2) is 6.24. The molecule has 0 aliphatic heterocycles. The Morgan fingerprint density at radius 2 is 2.17 bits per heavy atom. The Hall–Kier alpha value is -2.63. The van der Waals surface area contributed by atoms with Crippen LogP contribution in [0.3, 0.4) is 0 Å². The van der Waals surface area contributed by atoms with Gasteiger partial charge in [-0.1, -0.05) is 25.5 Å². The largest absolute Gasteiger partial charge is 0.448 e. The van der Waals surface area contributed by atoms with Crippen molar-refractivity contribution in [3.8, 4) is 0 Å². The molecule has 0 spiro atoms. The molecule has 0 saturated carbocycles. The van der Waals surface area contributed by atoms with Crippen molar-refractivity contribution in [2.24, 2.45) is 0 Å². The monoisotopic (exact) mass is 313 g/mol. The van der Waals surface area contributed by atoms with E-state index >= 15 is 0 Å². The van der Waals surface area contributed by atoms with Crippen LogP contribution in [0.1, 0.15) is 26.7 Å². The van der Waals surface area contributed by atoms with Gasteiger partial charge in [-0.3, -0.25) is 14.2 Å². The second-order valence-corrected chi connectivity index (χ2v) is 5.71. The van der Waals surface area contributed by atoms with Gasteiger partial charge in [0.05, 0.1) is 6.33 Å². The summed E-state index contributed by atoms with van der Waals surface area (Å²) in [6.45, 7) is 3.95. The molecule has 0 fully saturated rings. The van der Waals surface area contributed by atoms with E-state index < -0.39 is 0 Å². The zero-order chi connectivity index (χ0) is 16.4. The molecule has 0 radical (unpaired) electrons. The molecular weight excluding hydrogens is 294 g/mol. The van der Waals surface area contributed by atoms with E-state index in [0.717, 1.165) is 18.2 Å². The van der Waals surface area contributed by atoms with Crippen LogP contribution in [0.25, 0.3) is 22.1 Å². The Bertz CT molecular complexity index is 910. The van der Waals surface area contributed by atoms with Gasteiger partial charge in [-0.2, -0.15) is 0 Å². The number of carbonyl (C=O) groups is 1. The maximum Gasteiger partial charge on any atom is 0.297 e. The van der Waals surface area contributed by atoms with Gasteiger partial charge in [0.15, 0.2) is 0 Å². The van der Waals surface area contributed by atoms with Crippen LogP contribution in [0.5, 0.6) is 0 Å². The van der Waals surface area contributed by atoms with Crippen molar-refractivity contribution in [2.45, 2.75) is 39.3 Å². The molecule has 2 aromatic heterocycles. The van der Waals surface area contributed by atoms with E-state index in [-0.39, 0.29) is 29.6 Å². The van der Waals surface area contributed by atoms with Crippen molar-refractivity contribution < 1.29 is 9.21 Å². The SMILES string of the molecule is CCCC(C)NC(=O)Cn1cnc2c(oc3ccccc32)c1=O. The van der Waals surface area contributed by atoms with E-state index in [1.165, 1.54) is 10.9 Å². The maximum atomic E-state index is 12.5. The standard InChI is InChI=1S/C17H19N3O3/c1-3-6-11(2)19-14(21)9-20-10-18-15-12-7-4-5-8-13(12)23-16(15)17(20)22/h4-5,7-8,10-11H,3,6,9H2,1-2H3,(H,19,21). The number of fused-ring (bicyclic) bond motifs is 3. The molecule has 3 rings (SSSR count). The second-order valence-electron chi connectivity index (χ2n) is 5.71. The van der Waals surface area contributed by atoms with Crippen LogP contribution in [0.4, 0.5) is 0 Å². The lowest BCUT2D eigenvalue weighted by atomic mass is 10.2. The number of rotatable bonds is 5. The number of hydrogen-bond donors (Lipinski definition) is 1. The fourth-order valence-electron chi connectivity index (χ4n) is 2.71. The summed E-state index contributed by atoms with van der Waals surface area (Å²) in [5.41, 5.74) is 0.986. The average Bonchev–Trinajstić information content (AvgIpc) is 2.90. The van der Waals surface area contributed by atoms with Crippen molar-refractivity contribution in [1.29, 1.82) is 0 Å². The lowest BCUT2D eigenvalue weighted by Crippen LogP contribution is -2.37. The van der Waals surface area contributed by atoms with E-state index in [9.17, 15) is 9.59 Å². The van der Waals surface area contributed by atoms with E-state index in [1.807, 2.05) is 25.1 Å². The maximum absolute atomic E-state index is 12.5. The molecule has 1 N–H and O–H groups in total. The number of aromatic nitrogens is 2. The smallest absolute Gasteiger partial charge is 0.297 e. The highest BCUT2D eigenvalue weighted by Crippen LogP contribution is 2.23. The zero-order valence-corrected chi connectivity index (χ0v) is 13.2. The number of furan rings is 1. The summed E-state index contributed by atoms with van der Waals surface area (Å²) in [7, 11) is 0. The number of hydrogen-bond acceptors (Lipinski definition) is 4. The summed E-state index contributed by atoms with van der Waals surface area (Å²) in [6.07, 6.45) is 3.30. The van der Waals surface area contributed by atoms with Crippen LogP contribution in [0.2, 0.25) is 0 Å². The minimum absolute atomic E-state index is 0.0626. The summed E-state index contributed by atoms with van der Waals surface area (Å²) < 4.78 is 6.87. The van der Waals surface area contributed by atoms with Gasteiger partial charge in [0.2, 0.25) is 11.5 Å². The van der Waals surface area contributed by atoms with Crippen LogP contribution in [0.15, 0.2) is 39.8 Å². The topological polar surface area (TPSA) is 77.1 Å². The third kappa shape index (κ3) is 2.97. The quantitative estimate of drug-likeness (QED) is 0.785. The number of nitrogens with zero attached hydrogens (tertiary/aromatic N) is 2. The Labute approximate surface area is 133 Å². The minimum atomic E-state index is -0.343. The normalized spacial score (nSPS) is 12.6. The van der Waals surface area contributed by atoms with E-state index in [0.29, 0.717) is 11.1 Å². The fourth-order valence-corrected chi connectivity index (χ4v) is 2.71. The molecular formula is C17H19N3O3. The van der Waals surface area contributed by atoms with Gasteiger partial charge in [0.25, 0.3) is 5.56 Å². The van der Waals surface area contributed by atoms with Gasteiger partial charge in [0.1, 0.15) is 17.6 Å². The van der Waals surface area contributed by atoms with Crippen molar-refractivity contribution in [2.75, 3.05) is 0 Å². The molecule has 0 saturated heterocycles. The molecule has 0 aliphatic carbocycles. The molecule has 1 atom stereocenters. The fraction of sp³-hybridized carbons (Fsp3) is 0.353. The molecule has 1 amide bonds. The lowest BCUT2D eigenvalue weighted by Gasteiger charge is -2.13. The molecule has 0 bridgehead atoms. The Balaban J connectivity index is 1.90. The van der Waals surface area contributed by atoms with E-state index in [2.05, 4.69) is 17.2 Å². The number of carbonyl (C=O) groups excluding carboxylic acids is 1. The number of nitrogens with one attached hydrogen (secondary N) is 1. The molecule has 2 heterocycles. The summed E-state index contributed by atoms with van der Waals surface area (Å²) in [6, 6.07) is 7.45. The summed E-state index contributed by atoms with van der Waals surface area (Å²) >= 11 is 0. The van der Waals surface area contributed by atoms with Crippen LogP contribution in [-0.4, -0.2) is 21.5 Å². The Morgan fingerprint density at radius 3 is 2.96 bits per heavy atom. The molecule has 6 heteroatoms. The molecule has 23 heavy (non-hydrogen) atoms. The summed E-state index contributed by atoms with van der Waals surface area (Å²) in [5, 5.41) is 3.67. The van der Waals surface area contributed by atoms with Crippen molar-refractivity contribution >= 4 is 28.0 Å². The van der Waals surface area contributed by atoms with Gasteiger partial charge in [0, 0.05) is 11.4 Å². The van der Waals surface area contributed by atoms with Crippen LogP contribution in [0, 0.1) is 0 Å². The van der Waals surface area contributed by atoms with Crippen LogP contribution in [-0.2, 0) is 11.3 Å². The highest BCUT2D eigenvalue weighted by Gasteiger charge is 2.15. The summed E-state index contributed by atoms with van der Waals surface area (Å²) in [4.78, 5) is 28.8. The molecule has 120 valence electrons. The van der Waals surface area contributed by atoms with Gasteiger partial charge in [-0.25, -0.2) is 4.98 Å². The highest BCUT2D eigenvalue weighted by atomic mass is 16.3. The molecule has 3 aromatic rings. The molecule has 1 aromatic carbocycles. The third-order valence-corrected chi connectivity index (χ3v) is 3.79. The first-order valence-corrected chi connectivity index (χ1v) is 7.76. The first-order chi connectivity index (χ1) is 11.1. The number of benzene rings is 1. The van der Waals surface area contributed by atoms with Gasteiger partial charge in [-0.15, -0.1) is 0 Å². The van der Waals surface area contributed by atoms with E-state index in [4.69, 9.17) is 4.42 Å². The lowest BCUT2D eigenvalue weighted by molar-refractivity contribution is -0.122. The van der Waals surface area contributed by atoms with E-state index in [1.54, 1.807) is 6.07 Å². The van der Waals surface area contributed by atoms with Crippen molar-refractivity contribution in [3.63, 3.8) is 0 Å². The third-order valence-electron chi connectivity index (χ3n) is 3.79. The highest BCUT2D eigenvalue weighted by molar-refractivity contribution is 6.01. The Morgan fingerprint density at radius 1 is 1.39 bits per heavy atom. The van der Waals surface area contributed by atoms with Gasteiger partial charge < -0.3 is 9.73 Å². The van der Waals surface area contributed by atoms with Gasteiger partial charge >= 0.3 is 0 Å². The average molecular weight is 313 g/mol. The predicted octanol–water partition coefficient (Wildman–Crippen LogP) is 2.45. The number of para-hydroxylation sites is 1. The minimum Gasteiger partial charge on any atom is -0.448 e. The van der Waals surface area contributed by atoms with Crippen LogP contribution >= 0.6 is 0 Å². The number of amides is 1. The zero-order valence-electron chi connectivity index (χ0n) is 13.2. The molecule has 6 nitrogen and oxygen atoms in total. The van der Waals surface area contributed by atoms with Gasteiger partial charge in [-0.05, 0) is 25.5 Å². The first-order valence-electron chi connectivity index (χ1n) is 7.76. The molecule has 1 unspecified atom stereocenters. The Kier molecular flexibility index (Phi) is 4.14. The van der Waals surface area contributed by atoms with Crippen LogP contribution < -0.4 is 10.9 Å². The molecule has 0 aliphatic rings. The van der Waals surface area contributed by atoms with Crippen molar-refractivity contribution in [3.05, 3.63) is 40.9 Å². The predicted molar refractivity (Wildman–Crippen MR) is 88.3 cm³/mol.